The van der Waals surface area contributed by atoms with Crippen molar-refractivity contribution in [1.82, 2.24) is 0 Å². The van der Waals surface area contributed by atoms with E-state index in [-0.39, 0.29) is 24.9 Å². The van der Waals surface area contributed by atoms with E-state index in [0.717, 1.165) is 12.8 Å². The molecule has 6 nitrogen and oxygen atoms in total. The van der Waals surface area contributed by atoms with E-state index in [2.05, 4.69) is 10.8 Å². The number of esters is 1. The predicted octanol–water partition coefficient (Wildman–Crippen LogP) is 0.819. The summed E-state index contributed by atoms with van der Waals surface area (Å²) in [6, 6.07) is 2.13. The van der Waals surface area contributed by atoms with Crippen molar-refractivity contribution in [2.75, 3.05) is 13.7 Å². The minimum absolute atomic E-state index is 0.0261. The van der Waals surface area contributed by atoms with Crippen LogP contribution in [0.2, 0.25) is 0 Å². The molecular formula is C15H22NO5+. The van der Waals surface area contributed by atoms with E-state index in [0.29, 0.717) is 19.3 Å². The van der Waals surface area contributed by atoms with Gasteiger partial charge in [0.2, 0.25) is 0 Å². The molecule has 0 aromatic carbocycles. The van der Waals surface area contributed by atoms with Crippen LogP contribution in [0, 0.1) is 11.3 Å². The molecule has 2 aliphatic heterocycles. The summed E-state index contributed by atoms with van der Waals surface area (Å²) in [5.41, 5.74) is -0.608. The fourth-order valence-electron chi connectivity index (χ4n) is 3.06. The fourth-order valence-corrected chi connectivity index (χ4v) is 3.06. The number of rotatable bonds is 5. The van der Waals surface area contributed by atoms with Gasteiger partial charge in [0.25, 0.3) is 0 Å². The fraction of sp³-hybridized carbons (Fsp3) is 0.733. The Morgan fingerprint density at radius 1 is 1.57 bits per heavy atom. The van der Waals surface area contributed by atoms with Crippen molar-refractivity contribution in [1.29, 1.82) is 5.26 Å². The molecule has 2 fully saturated rings. The zero-order chi connectivity index (χ0) is 15.3. The molecule has 0 aliphatic carbocycles. The highest BCUT2D eigenvalue weighted by molar-refractivity contribution is 5.81. The third-order valence-electron chi connectivity index (χ3n) is 4.15. The SMILES string of the molecule is COC(=O)/C=C/C1CC2(C[OH2+])OC(CCC#N)CCC2O1. The number of ether oxygens (including phenoxy) is 3. The van der Waals surface area contributed by atoms with E-state index >= 15 is 0 Å². The first kappa shape index (κ1) is 16.0. The van der Waals surface area contributed by atoms with Gasteiger partial charge in [-0.2, -0.15) is 5.26 Å². The summed E-state index contributed by atoms with van der Waals surface area (Å²) in [4.78, 5) is 11.1. The lowest BCUT2D eigenvalue weighted by Crippen LogP contribution is -2.51. The number of fused-ring (bicyclic) bond motifs is 1. The Balaban J connectivity index is 2.00. The summed E-state index contributed by atoms with van der Waals surface area (Å²) < 4.78 is 16.6. The number of hydrogen-bond donors (Lipinski definition) is 0. The molecule has 2 rings (SSSR count). The van der Waals surface area contributed by atoms with Gasteiger partial charge in [0.15, 0.2) is 12.2 Å². The molecule has 4 atom stereocenters. The Morgan fingerprint density at radius 3 is 3.05 bits per heavy atom. The molecule has 0 radical (unpaired) electrons. The minimum atomic E-state index is -0.608. The van der Waals surface area contributed by atoms with Crippen molar-refractivity contribution in [2.45, 2.75) is 56.0 Å². The van der Waals surface area contributed by atoms with Crippen molar-refractivity contribution in [2.24, 2.45) is 0 Å². The average molecular weight is 296 g/mol. The smallest absolute Gasteiger partial charge is 0.330 e. The van der Waals surface area contributed by atoms with Gasteiger partial charge in [-0.1, -0.05) is 0 Å². The molecule has 2 heterocycles. The molecule has 0 aromatic heterocycles. The van der Waals surface area contributed by atoms with E-state index in [9.17, 15) is 4.79 Å². The lowest BCUT2D eigenvalue weighted by atomic mass is 9.86. The van der Waals surface area contributed by atoms with Crippen LogP contribution in [0.5, 0.6) is 0 Å². The molecule has 0 saturated carbocycles. The molecule has 0 aromatic rings. The summed E-state index contributed by atoms with van der Waals surface area (Å²) in [7, 11) is 1.33. The van der Waals surface area contributed by atoms with E-state index in [1.807, 2.05) is 0 Å². The number of carbonyl (C=O) groups is 1. The highest BCUT2D eigenvalue weighted by Gasteiger charge is 2.54. The van der Waals surface area contributed by atoms with E-state index in [1.165, 1.54) is 13.2 Å². The standard InChI is InChI=1S/C15H21NO5/c1-19-14(18)7-5-12-9-15(10-17)13(20-12)6-4-11(21-15)3-2-8-16/h5,7,11-13,17H,2-4,6,9-10H2,1H3/p+1/b7-5+. The van der Waals surface area contributed by atoms with Crippen LogP contribution < -0.4 is 0 Å². The summed E-state index contributed by atoms with van der Waals surface area (Å²) >= 11 is 0. The first-order valence-corrected chi connectivity index (χ1v) is 7.24. The minimum Gasteiger partial charge on any atom is -0.466 e. The molecule has 0 amide bonds. The molecule has 2 saturated heterocycles. The quantitative estimate of drug-likeness (QED) is 0.425. The van der Waals surface area contributed by atoms with Crippen molar-refractivity contribution in [3.05, 3.63) is 12.2 Å². The van der Waals surface area contributed by atoms with Crippen LogP contribution in [-0.4, -0.2) is 48.7 Å². The van der Waals surface area contributed by atoms with Crippen LogP contribution in [0.15, 0.2) is 12.2 Å². The first-order chi connectivity index (χ1) is 10.1. The van der Waals surface area contributed by atoms with Gasteiger partial charge >= 0.3 is 5.97 Å². The van der Waals surface area contributed by atoms with Crippen LogP contribution in [0.1, 0.15) is 32.1 Å². The zero-order valence-corrected chi connectivity index (χ0v) is 12.2. The monoisotopic (exact) mass is 296 g/mol. The number of nitriles is 1. The molecule has 21 heavy (non-hydrogen) atoms. The van der Waals surface area contributed by atoms with Gasteiger partial charge in [0.05, 0.1) is 31.5 Å². The van der Waals surface area contributed by atoms with Crippen molar-refractivity contribution in [3.8, 4) is 6.07 Å². The van der Waals surface area contributed by atoms with Crippen LogP contribution in [-0.2, 0) is 19.0 Å². The molecule has 2 N–H and O–H groups in total. The van der Waals surface area contributed by atoms with Crippen molar-refractivity contribution >= 4 is 5.97 Å². The number of nitrogens with zero attached hydrogens (tertiary/aromatic N) is 1. The second kappa shape index (κ2) is 7.03. The Labute approximate surface area is 124 Å². The maximum atomic E-state index is 11.1. The number of hydrogen-bond acceptors (Lipinski definition) is 5. The molecular weight excluding hydrogens is 274 g/mol. The maximum absolute atomic E-state index is 11.1. The van der Waals surface area contributed by atoms with Gasteiger partial charge in [0, 0.05) is 18.9 Å². The van der Waals surface area contributed by atoms with Crippen molar-refractivity contribution in [3.63, 3.8) is 0 Å². The Kier molecular flexibility index (Phi) is 5.34. The normalized spacial score (nSPS) is 35.4. The second-order valence-electron chi connectivity index (χ2n) is 5.51. The van der Waals surface area contributed by atoms with Gasteiger partial charge in [-0.25, -0.2) is 4.79 Å². The third kappa shape index (κ3) is 3.62. The second-order valence-corrected chi connectivity index (χ2v) is 5.51. The van der Waals surface area contributed by atoms with E-state index < -0.39 is 11.6 Å². The zero-order valence-electron chi connectivity index (χ0n) is 12.2. The van der Waals surface area contributed by atoms with Gasteiger partial charge in [-0.05, 0) is 25.3 Å². The van der Waals surface area contributed by atoms with Crippen LogP contribution in [0.4, 0.5) is 0 Å². The average Bonchev–Trinajstić information content (AvgIpc) is 2.88. The lowest BCUT2D eigenvalue weighted by molar-refractivity contribution is -0.182. The van der Waals surface area contributed by atoms with E-state index in [4.69, 9.17) is 19.8 Å². The predicted molar refractivity (Wildman–Crippen MR) is 74.6 cm³/mol. The molecule has 0 spiro atoms. The van der Waals surface area contributed by atoms with Crippen LogP contribution in [0.3, 0.4) is 0 Å². The molecule has 2 aliphatic rings. The topological polar surface area (TPSA) is 91.5 Å². The van der Waals surface area contributed by atoms with Crippen LogP contribution in [0.25, 0.3) is 0 Å². The summed E-state index contributed by atoms with van der Waals surface area (Å²) in [6.07, 6.45) is 6.13. The lowest BCUT2D eigenvalue weighted by Gasteiger charge is -2.39. The highest BCUT2D eigenvalue weighted by Crippen LogP contribution is 2.42. The number of methoxy groups -OCH3 is 1. The molecule has 6 heteroatoms. The summed E-state index contributed by atoms with van der Waals surface area (Å²) in [5.74, 6) is -0.416. The number of carbonyl (C=O) groups excluding carboxylic acids is 1. The van der Waals surface area contributed by atoms with Gasteiger partial charge in [-0.3, -0.25) is 0 Å². The van der Waals surface area contributed by atoms with Gasteiger partial charge < -0.3 is 19.3 Å². The highest BCUT2D eigenvalue weighted by atomic mass is 16.6. The van der Waals surface area contributed by atoms with E-state index in [1.54, 1.807) is 6.08 Å². The van der Waals surface area contributed by atoms with Crippen molar-refractivity contribution < 1.29 is 24.1 Å². The maximum Gasteiger partial charge on any atom is 0.330 e. The van der Waals surface area contributed by atoms with Gasteiger partial charge in [-0.15, -0.1) is 0 Å². The van der Waals surface area contributed by atoms with Gasteiger partial charge in [0.1, 0.15) is 0 Å². The Morgan fingerprint density at radius 2 is 2.38 bits per heavy atom. The Bertz CT molecular complexity index is 444. The third-order valence-corrected chi connectivity index (χ3v) is 4.15. The Hall–Kier alpha value is -1.42. The molecule has 116 valence electrons. The molecule has 4 unspecified atom stereocenters. The largest absolute Gasteiger partial charge is 0.466 e. The van der Waals surface area contributed by atoms with Crippen LogP contribution >= 0.6 is 0 Å². The summed E-state index contributed by atoms with van der Waals surface area (Å²) in [5, 5.41) is 16.5. The first-order valence-electron chi connectivity index (χ1n) is 7.24. The molecule has 0 bridgehead atoms. The summed E-state index contributed by atoms with van der Waals surface area (Å²) in [6.45, 7) is 0.128.